The number of nitrogens with one attached hydrogen (secondary N) is 1. The number of ether oxygens (including phenoxy) is 1. The third-order valence-corrected chi connectivity index (χ3v) is 4.50. The van der Waals surface area contributed by atoms with Gasteiger partial charge in [-0.2, -0.15) is 4.37 Å². The number of rotatable bonds is 2. The largest absolute Gasteiger partial charge is 0.443 e. The highest BCUT2D eigenvalue weighted by Crippen LogP contribution is 2.29. The Labute approximate surface area is 145 Å². The fourth-order valence-electron chi connectivity index (χ4n) is 2.65. The number of imidazole rings is 1. The summed E-state index contributed by atoms with van der Waals surface area (Å²) in [5, 5.41) is 2.69. The molecule has 1 aliphatic rings. The van der Waals surface area contributed by atoms with E-state index in [1.807, 2.05) is 45.8 Å². The van der Waals surface area contributed by atoms with Crippen molar-refractivity contribution < 1.29 is 9.53 Å². The van der Waals surface area contributed by atoms with Crippen molar-refractivity contribution in [3.63, 3.8) is 0 Å². The van der Waals surface area contributed by atoms with Gasteiger partial charge in [-0.3, -0.25) is 5.43 Å². The third-order valence-electron chi connectivity index (χ3n) is 3.70. The van der Waals surface area contributed by atoms with Crippen molar-refractivity contribution in [2.24, 2.45) is 0 Å². The van der Waals surface area contributed by atoms with Gasteiger partial charge in [-0.1, -0.05) is 0 Å². The van der Waals surface area contributed by atoms with Gasteiger partial charge in [-0.15, -0.1) is 0 Å². The van der Waals surface area contributed by atoms with Crippen LogP contribution in [0.5, 0.6) is 0 Å². The molecule has 2 aromatic heterocycles. The van der Waals surface area contributed by atoms with Crippen LogP contribution in [-0.2, 0) is 11.3 Å². The van der Waals surface area contributed by atoms with Gasteiger partial charge in [-0.05, 0) is 46.2 Å². The number of hydrazine groups is 1. The minimum atomic E-state index is -0.520. The van der Waals surface area contributed by atoms with E-state index >= 15 is 0 Å². The molecule has 130 valence electrons. The van der Waals surface area contributed by atoms with Crippen molar-refractivity contribution in [2.45, 2.75) is 52.8 Å². The predicted molar refractivity (Wildman–Crippen MR) is 90.4 cm³/mol. The summed E-state index contributed by atoms with van der Waals surface area (Å²) in [6.45, 7) is 10.8. The molecule has 3 rings (SSSR count). The molecule has 1 aliphatic heterocycles. The molecule has 0 saturated carbocycles. The molecule has 0 bridgehead atoms. The molecular formula is C15H22N6O2S. The maximum Gasteiger partial charge on any atom is 0.422 e. The zero-order valence-corrected chi connectivity index (χ0v) is 15.3. The summed E-state index contributed by atoms with van der Waals surface area (Å²) in [6, 6.07) is -0.0125. The van der Waals surface area contributed by atoms with Crippen LogP contribution < -0.4 is 5.43 Å². The van der Waals surface area contributed by atoms with Crippen LogP contribution in [-0.4, -0.2) is 42.2 Å². The van der Waals surface area contributed by atoms with Crippen molar-refractivity contribution in [2.75, 3.05) is 6.54 Å². The molecule has 0 saturated heterocycles. The minimum absolute atomic E-state index is 0.0125. The monoisotopic (exact) mass is 350 g/mol. The first-order valence-corrected chi connectivity index (χ1v) is 8.64. The summed E-state index contributed by atoms with van der Waals surface area (Å²) in [4.78, 5) is 20.9. The number of hydrogen-bond acceptors (Lipinski definition) is 7. The van der Waals surface area contributed by atoms with Gasteiger partial charge in [0.15, 0.2) is 10.8 Å². The molecule has 2 aromatic rings. The van der Waals surface area contributed by atoms with E-state index in [0.717, 1.165) is 22.4 Å². The van der Waals surface area contributed by atoms with Crippen LogP contribution in [0.1, 0.15) is 45.3 Å². The fraction of sp³-hybridized carbons (Fsp3) is 0.600. The van der Waals surface area contributed by atoms with E-state index in [0.29, 0.717) is 13.1 Å². The molecule has 0 radical (unpaired) electrons. The van der Waals surface area contributed by atoms with Crippen LogP contribution in [0.2, 0.25) is 0 Å². The zero-order chi connectivity index (χ0) is 17.5. The van der Waals surface area contributed by atoms with Crippen molar-refractivity contribution in [3.8, 4) is 10.8 Å². The van der Waals surface area contributed by atoms with E-state index in [2.05, 4.69) is 24.3 Å². The number of carbonyl (C=O) groups excluding carboxylic acids is 1. The molecule has 1 N–H and O–H groups in total. The molecule has 1 atom stereocenters. The molecule has 0 aromatic carbocycles. The topological polar surface area (TPSA) is 85.2 Å². The molecule has 8 nitrogen and oxygen atoms in total. The average molecular weight is 350 g/mol. The van der Waals surface area contributed by atoms with Crippen LogP contribution in [0, 0.1) is 6.92 Å². The summed E-state index contributed by atoms with van der Waals surface area (Å²) >= 11 is 1.35. The molecule has 24 heavy (non-hydrogen) atoms. The molecular weight excluding hydrogens is 328 g/mol. The van der Waals surface area contributed by atoms with Crippen molar-refractivity contribution in [1.82, 2.24) is 29.3 Å². The lowest BCUT2D eigenvalue weighted by Crippen LogP contribution is -2.49. The van der Waals surface area contributed by atoms with E-state index in [1.54, 1.807) is 0 Å². The molecule has 0 aliphatic carbocycles. The van der Waals surface area contributed by atoms with E-state index in [-0.39, 0.29) is 6.04 Å². The SMILES string of the molecule is Cc1nsc(-c2ncc3n2CCN(NC(=O)OC(C)(C)C)[C@@H]3C)n1. The quantitative estimate of drug-likeness (QED) is 0.896. The number of aryl methyl sites for hydroxylation is 1. The number of hydrogen-bond donors (Lipinski definition) is 1. The molecule has 9 heteroatoms. The van der Waals surface area contributed by atoms with Crippen LogP contribution in [0.3, 0.4) is 0 Å². The van der Waals surface area contributed by atoms with Gasteiger partial charge in [0.1, 0.15) is 11.4 Å². The van der Waals surface area contributed by atoms with E-state index < -0.39 is 11.7 Å². The molecule has 0 unspecified atom stereocenters. The van der Waals surface area contributed by atoms with E-state index in [4.69, 9.17) is 4.74 Å². The maximum absolute atomic E-state index is 12.0. The Kier molecular flexibility index (Phi) is 4.31. The number of amides is 1. The van der Waals surface area contributed by atoms with E-state index in [9.17, 15) is 4.79 Å². The lowest BCUT2D eigenvalue weighted by atomic mass is 10.2. The highest BCUT2D eigenvalue weighted by atomic mass is 32.1. The standard InChI is InChI=1S/C15H22N6O2S/c1-9-11-8-16-12(13-17-10(2)19-24-13)20(11)6-7-21(9)18-14(22)23-15(3,4)5/h8-9H,6-7H2,1-5H3,(H,18,22)/t9-/m1/s1. The normalized spacial score (nSPS) is 18.3. The van der Waals surface area contributed by atoms with Gasteiger partial charge >= 0.3 is 6.09 Å². The smallest absolute Gasteiger partial charge is 0.422 e. The Morgan fingerprint density at radius 2 is 2.17 bits per heavy atom. The van der Waals surface area contributed by atoms with Crippen LogP contribution in [0.4, 0.5) is 4.79 Å². The fourth-order valence-corrected chi connectivity index (χ4v) is 3.32. The molecule has 0 fully saturated rings. The number of aromatic nitrogens is 4. The summed E-state index contributed by atoms with van der Waals surface area (Å²) in [5.41, 5.74) is 3.33. The second-order valence-electron chi connectivity index (χ2n) is 6.79. The summed E-state index contributed by atoms with van der Waals surface area (Å²) < 4.78 is 11.7. The van der Waals surface area contributed by atoms with Gasteiger partial charge < -0.3 is 9.30 Å². The highest BCUT2D eigenvalue weighted by molar-refractivity contribution is 7.09. The van der Waals surface area contributed by atoms with Crippen LogP contribution in [0.15, 0.2) is 6.20 Å². The first-order valence-electron chi connectivity index (χ1n) is 7.87. The van der Waals surface area contributed by atoms with Gasteiger partial charge in [0.05, 0.1) is 17.9 Å². The van der Waals surface area contributed by atoms with Gasteiger partial charge in [0.2, 0.25) is 0 Å². The third kappa shape index (κ3) is 3.41. The van der Waals surface area contributed by atoms with E-state index in [1.165, 1.54) is 11.5 Å². The number of fused-ring (bicyclic) bond motifs is 1. The Balaban J connectivity index is 1.76. The van der Waals surface area contributed by atoms with Gasteiger partial charge in [0, 0.05) is 13.1 Å². The lowest BCUT2D eigenvalue weighted by molar-refractivity contribution is 0.0204. The van der Waals surface area contributed by atoms with Crippen LogP contribution in [0.25, 0.3) is 10.8 Å². The summed E-state index contributed by atoms with van der Waals surface area (Å²) in [6.07, 6.45) is 1.39. The maximum atomic E-state index is 12.0. The number of nitrogens with zero attached hydrogens (tertiary/aromatic N) is 5. The van der Waals surface area contributed by atoms with Crippen LogP contribution >= 0.6 is 11.5 Å². The average Bonchev–Trinajstić information content (AvgIpc) is 3.06. The first-order chi connectivity index (χ1) is 11.2. The predicted octanol–water partition coefficient (Wildman–Crippen LogP) is 2.53. The van der Waals surface area contributed by atoms with Gasteiger partial charge in [-0.25, -0.2) is 19.8 Å². The second-order valence-corrected chi connectivity index (χ2v) is 7.54. The van der Waals surface area contributed by atoms with Crippen molar-refractivity contribution >= 4 is 17.6 Å². The summed E-state index contributed by atoms with van der Waals surface area (Å²) in [7, 11) is 0. The molecule has 1 amide bonds. The lowest BCUT2D eigenvalue weighted by Gasteiger charge is -2.35. The minimum Gasteiger partial charge on any atom is -0.443 e. The first kappa shape index (κ1) is 16.8. The molecule has 0 spiro atoms. The summed E-state index contributed by atoms with van der Waals surface area (Å²) in [5.74, 6) is 1.59. The Morgan fingerprint density at radius 3 is 2.79 bits per heavy atom. The number of carbonyl (C=O) groups is 1. The Morgan fingerprint density at radius 1 is 1.42 bits per heavy atom. The van der Waals surface area contributed by atoms with Gasteiger partial charge in [0.25, 0.3) is 0 Å². The second kappa shape index (κ2) is 6.14. The zero-order valence-electron chi connectivity index (χ0n) is 14.5. The van der Waals surface area contributed by atoms with Crippen molar-refractivity contribution in [3.05, 3.63) is 17.7 Å². The Hall–Kier alpha value is -2.00. The Bertz CT molecular complexity index is 747. The highest BCUT2D eigenvalue weighted by Gasteiger charge is 2.30. The van der Waals surface area contributed by atoms with Crippen molar-refractivity contribution in [1.29, 1.82) is 0 Å². The molecule has 3 heterocycles.